The SMILES string of the molecule is CCCC(=O)On1cc(S(=O)(=O)Cc2ccc(C)cc2)c2ccccc21. The van der Waals surface area contributed by atoms with Crippen LogP contribution in [-0.2, 0) is 20.4 Å². The average Bonchev–Trinajstić information content (AvgIpc) is 2.97. The fourth-order valence-corrected chi connectivity index (χ4v) is 4.33. The monoisotopic (exact) mass is 371 g/mol. The van der Waals surface area contributed by atoms with E-state index >= 15 is 0 Å². The second kappa shape index (κ2) is 7.33. The molecule has 0 atom stereocenters. The lowest BCUT2D eigenvalue weighted by Crippen LogP contribution is -2.18. The Morgan fingerprint density at radius 1 is 1.08 bits per heavy atom. The van der Waals surface area contributed by atoms with Crippen molar-refractivity contribution in [1.82, 2.24) is 4.73 Å². The molecule has 26 heavy (non-hydrogen) atoms. The lowest BCUT2D eigenvalue weighted by atomic mass is 10.2. The van der Waals surface area contributed by atoms with E-state index in [4.69, 9.17) is 4.84 Å². The first kappa shape index (κ1) is 18.2. The van der Waals surface area contributed by atoms with Crippen molar-refractivity contribution >= 4 is 26.7 Å². The maximum atomic E-state index is 13.0. The molecule has 0 spiro atoms. The van der Waals surface area contributed by atoms with Crippen LogP contribution in [0.5, 0.6) is 0 Å². The van der Waals surface area contributed by atoms with Gasteiger partial charge in [-0.05, 0) is 25.0 Å². The molecule has 0 aliphatic carbocycles. The number of sulfone groups is 1. The molecular weight excluding hydrogens is 350 g/mol. The second-order valence-electron chi connectivity index (χ2n) is 6.29. The van der Waals surface area contributed by atoms with Crippen LogP contribution in [0.4, 0.5) is 0 Å². The van der Waals surface area contributed by atoms with Gasteiger partial charge in [0.1, 0.15) is 0 Å². The highest BCUT2D eigenvalue weighted by Crippen LogP contribution is 2.27. The number of aromatic nitrogens is 1. The van der Waals surface area contributed by atoms with E-state index in [0.29, 0.717) is 17.3 Å². The number of fused-ring (bicyclic) bond motifs is 1. The summed E-state index contributed by atoms with van der Waals surface area (Å²) in [5.41, 5.74) is 2.35. The van der Waals surface area contributed by atoms with Gasteiger partial charge in [-0.3, -0.25) is 0 Å². The standard InChI is InChI=1S/C20H21NO4S/c1-3-6-20(22)25-21-13-19(17-7-4-5-8-18(17)21)26(23,24)14-16-11-9-15(2)10-12-16/h4-5,7-13H,3,6,14H2,1-2H3. The minimum atomic E-state index is -3.59. The Kier molecular flexibility index (Phi) is 5.13. The summed E-state index contributed by atoms with van der Waals surface area (Å²) in [6.07, 6.45) is 2.33. The van der Waals surface area contributed by atoms with E-state index in [1.54, 1.807) is 24.3 Å². The van der Waals surface area contributed by atoms with Gasteiger partial charge in [-0.1, -0.05) is 55.0 Å². The number of carbonyl (C=O) groups excluding carboxylic acids is 1. The van der Waals surface area contributed by atoms with E-state index in [-0.39, 0.29) is 17.1 Å². The average molecular weight is 371 g/mol. The third-order valence-electron chi connectivity index (χ3n) is 4.11. The molecule has 1 aromatic heterocycles. The molecule has 136 valence electrons. The van der Waals surface area contributed by atoms with Crippen LogP contribution in [0.3, 0.4) is 0 Å². The summed E-state index contributed by atoms with van der Waals surface area (Å²) in [7, 11) is -3.59. The summed E-state index contributed by atoms with van der Waals surface area (Å²) in [4.78, 5) is 17.3. The number of carbonyl (C=O) groups is 1. The van der Waals surface area contributed by atoms with E-state index < -0.39 is 15.8 Å². The van der Waals surface area contributed by atoms with Crippen LogP contribution in [-0.4, -0.2) is 19.1 Å². The summed E-state index contributed by atoms with van der Waals surface area (Å²) in [5.74, 6) is -0.500. The van der Waals surface area contributed by atoms with Crippen molar-refractivity contribution in [3.8, 4) is 0 Å². The van der Waals surface area contributed by atoms with Gasteiger partial charge in [0, 0.05) is 11.8 Å². The van der Waals surface area contributed by atoms with Crippen molar-refractivity contribution in [1.29, 1.82) is 0 Å². The van der Waals surface area contributed by atoms with Gasteiger partial charge in [0.25, 0.3) is 0 Å². The fraction of sp³-hybridized carbons (Fsp3) is 0.250. The number of benzene rings is 2. The summed E-state index contributed by atoms with van der Waals surface area (Å²) >= 11 is 0. The Balaban J connectivity index is 2.01. The number of aryl methyl sites for hydroxylation is 1. The van der Waals surface area contributed by atoms with E-state index in [9.17, 15) is 13.2 Å². The lowest BCUT2D eigenvalue weighted by molar-refractivity contribution is -0.143. The van der Waals surface area contributed by atoms with Crippen LogP contribution in [0.15, 0.2) is 59.6 Å². The summed E-state index contributed by atoms with van der Waals surface area (Å²) in [6, 6.07) is 14.4. The Bertz CT molecular complexity index is 1030. The zero-order valence-corrected chi connectivity index (χ0v) is 15.6. The van der Waals surface area contributed by atoms with E-state index in [2.05, 4.69) is 0 Å². The third-order valence-corrected chi connectivity index (χ3v) is 5.82. The molecule has 0 unspecified atom stereocenters. The zero-order valence-electron chi connectivity index (χ0n) is 14.8. The predicted molar refractivity (Wildman–Crippen MR) is 101 cm³/mol. The van der Waals surface area contributed by atoms with Crippen molar-refractivity contribution in [2.75, 3.05) is 0 Å². The molecule has 3 rings (SSSR count). The molecule has 0 saturated heterocycles. The van der Waals surface area contributed by atoms with Crippen molar-refractivity contribution in [3.05, 3.63) is 65.9 Å². The maximum Gasteiger partial charge on any atom is 0.332 e. The number of nitrogens with zero attached hydrogens (tertiary/aromatic N) is 1. The van der Waals surface area contributed by atoms with Crippen molar-refractivity contribution in [2.24, 2.45) is 0 Å². The van der Waals surface area contributed by atoms with Gasteiger partial charge in [-0.2, -0.15) is 4.73 Å². The van der Waals surface area contributed by atoms with E-state index in [0.717, 1.165) is 11.1 Å². The molecule has 6 heteroatoms. The smallest absolute Gasteiger partial charge is 0.332 e. The largest absolute Gasteiger partial charge is 0.336 e. The Morgan fingerprint density at radius 2 is 1.77 bits per heavy atom. The molecule has 3 aromatic rings. The Hall–Kier alpha value is -2.60. The quantitative estimate of drug-likeness (QED) is 0.663. The Morgan fingerprint density at radius 3 is 2.46 bits per heavy atom. The third kappa shape index (κ3) is 3.80. The molecule has 0 fully saturated rings. The normalized spacial score (nSPS) is 11.6. The molecule has 2 aromatic carbocycles. The number of hydrogen-bond acceptors (Lipinski definition) is 4. The fourth-order valence-electron chi connectivity index (χ4n) is 2.78. The highest BCUT2D eigenvalue weighted by molar-refractivity contribution is 7.90. The van der Waals surface area contributed by atoms with Gasteiger partial charge >= 0.3 is 5.97 Å². The molecule has 5 nitrogen and oxygen atoms in total. The van der Waals surface area contributed by atoms with Gasteiger partial charge in [-0.15, -0.1) is 0 Å². The van der Waals surface area contributed by atoms with Crippen molar-refractivity contribution < 1.29 is 18.0 Å². The van der Waals surface area contributed by atoms with Gasteiger partial charge in [-0.25, -0.2) is 13.2 Å². The van der Waals surface area contributed by atoms with Crippen LogP contribution >= 0.6 is 0 Å². The number of hydrogen-bond donors (Lipinski definition) is 0. The maximum absolute atomic E-state index is 13.0. The van der Waals surface area contributed by atoms with E-state index in [1.807, 2.05) is 38.1 Å². The first-order valence-corrected chi connectivity index (χ1v) is 10.2. The molecule has 1 heterocycles. The number of rotatable bonds is 6. The molecular formula is C20H21NO4S. The molecule has 0 saturated carbocycles. The number of para-hydroxylation sites is 1. The zero-order chi connectivity index (χ0) is 18.7. The molecule has 0 N–H and O–H groups in total. The lowest BCUT2D eigenvalue weighted by Gasteiger charge is -2.05. The molecule has 0 aliphatic rings. The minimum absolute atomic E-state index is 0.107. The van der Waals surface area contributed by atoms with Crippen LogP contribution in [0, 0.1) is 6.92 Å². The second-order valence-corrected chi connectivity index (χ2v) is 8.25. The summed E-state index contributed by atoms with van der Waals surface area (Å²) < 4.78 is 27.2. The first-order valence-electron chi connectivity index (χ1n) is 8.50. The highest BCUT2D eigenvalue weighted by atomic mass is 32.2. The molecule has 0 radical (unpaired) electrons. The first-order chi connectivity index (χ1) is 12.4. The highest BCUT2D eigenvalue weighted by Gasteiger charge is 2.23. The van der Waals surface area contributed by atoms with Crippen LogP contribution in [0.25, 0.3) is 10.9 Å². The summed E-state index contributed by atoms with van der Waals surface area (Å²) in [5, 5.41) is 0.545. The molecule has 0 amide bonds. The van der Waals surface area contributed by atoms with Gasteiger partial charge in [0.15, 0.2) is 9.84 Å². The summed E-state index contributed by atoms with van der Waals surface area (Å²) in [6.45, 7) is 3.84. The van der Waals surface area contributed by atoms with Crippen molar-refractivity contribution in [2.45, 2.75) is 37.3 Å². The van der Waals surface area contributed by atoms with Crippen LogP contribution < -0.4 is 4.84 Å². The minimum Gasteiger partial charge on any atom is -0.336 e. The van der Waals surface area contributed by atoms with Gasteiger partial charge < -0.3 is 4.84 Å². The van der Waals surface area contributed by atoms with E-state index in [1.165, 1.54) is 10.9 Å². The predicted octanol–water partition coefficient (Wildman–Crippen LogP) is 3.68. The Labute approximate surface area is 153 Å². The van der Waals surface area contributed by atoms with Crippen LogP contribution in [0.1, 0.15) is 30.9 Å². The van der Waals surface area contributed by atoms with Gasteiger partial charge in [0.2, 0.25) is 0 Å². The van der Waals surface area contributed by atoms with Gasteiger partial charge in [0.05, 0.1) is 22.4 Å². The van der Waals surface area contributed by atoms with Crippen LogP contribution in [0.2, 0.25) is 0 Å². The molecule has 0 aliphatic heterocycles. The topological polar surface area (TPSA) is 65.4 Å². The van der Waals surface area contributed by atoms with Crippen molar-refractivity contribution in [3.63, 3.8) is 0 Å². The molecule has 0 bridgehead atoms.